The van der Waals surface area contributed by atoms with Crippen LogP contribution in [-0.2, 0) is 0 Å². The minimum Gasteiger partial charge on any atom is -0.394 e. The topological polar surface area (TPSA) is 52.5 Å². The van der Waals surface area contributed by atoms with Crippen molar-refractivity contribution in [3.8, 4) is 0 Å². The maximum absolute atomic E-state index is 9.26. The number of hydrogen-bond acceptors (Lipinski definition) is 3. The molecule has 0 aliphatic heterocycles. The van der Waals surface area contributed by atoms with Crippen molar-refractivity contribution in [2.45, 2.75) is 44.2 Å². The Bertz CT molecular complexity index is 179. The van der Waals surface area contributed by atoms with Gasteiger partial charge in [0.25, 0.3) is 0 Å². The van der Waals surface area contributed by atoms with E-state index >= 15 is 0 Å². The van der Waals surface area contributed by atoms with Crippen molar-refractivity contribution in [1.82, 2.24) is 5.32 Å². The second-order valence-corrected chi connectivity index (χ2v) is 4.06. The van der Waals surface area contributed by atoms with Crippen LogP contribution in [0.4, 0.5) is 0 Å². The molecule has 1 unspecified atom stereocenters. The van der Waals surface area contributed by atoms with Gasteiger partial charge in [-0.2, -0.15) is 0 Å². The summed E-state index contributed by atoms with van der Waals surface area (Å²) < 4.78 is 0. The summed E-state index contributed by atoms with van der Waals surface area (Å²) in [6.45, 7) is 1.96. The maximum atomic E-state index is 9.26. The normalized spacial score (nSPS) is 22.6. The smallest absolute Gasteiger partial charge is 0.0650 e. The number of aliphatic hydroxyl groups excluding tert-OH is 2. The van der Waals surface area contributed by atoms with Gasteiger partial charge in [0.1, 0.15) is 0 Å². The van der Waals surface area contributed by atoms with Crippen molar-refractivity contribution in [3.05, 3.63) is 12.2 Å². The lowest BCUT2D eigenvalue weighted by atomic mass is 9.94. The lowest BCUT2D eigenvalue weighted by molar-refractivity contribution is 0.0806. The molecule has 3 N–H and O–H groups in total. The number of hydrogen-bond donors (Lipinski definition) is 3. The summed E-state index contributed by atoms with van der Waals surface area (Å²) in [5.41, 5.74) is -0.508. The van der Waals surface area contributed by atoms with Gasteiger partial charge in [-0.05, 0) is 25.7 Å². The molecule has 0 aromatic rings. The second kappa shape index (κ2) is 5.49. The van der Waals surface area contributed by atoms with Crippen LogP contribution >= 0.6 is 0 Å². The monoisotopic (exact) mass is 199 g/mol. The van der Waals surface area contributed by atoms with Crippen molar-refractivity contribution in [3.63, 3.8) is 0 Å². The first kappa shape index (κ1) is 11.7. The summed E-state index contributed by atoms with van der Waals surface area (Å²) in [4.78, 5) is 0. The zero-order valence-corrected chi connectivity index (χ0v) is 8.87. The van der Waals surface area contributed by atoms with Gasteiger partial charge in [0, 0.05) is 6.04 Å². The van der Waals surface area contributed by atoms with E-state index in [1.807, 2.05) is 6.92 Å². The van der Waals surface area contributed by atoms with E-state index < -0.39 is 5.54 Å². The van der Waals surface area contributed by atoms with Gasteiger partial charge >= 0.3 is 0 Å². The van der Waals surface area contributed by atoms with Gasteiger partial charge in [0.15, 0.2) is 0 Å². The molecule has 82 valence electrons. The Morgan fingerprint density at radius 3 is 2.57 bits per heavy atom. The van der Waals surface area contributed by atoms with E-state index in [1.54, 1.807) is 0 Å². The molecule has 0 aromatic heterocycles. The molecule has 3 heteroatoms. The first-order chi connectivity index (χ1) is 6.76. The van der Waals surface area contributed by atoms with Crippen LogP contribution in [0.25, 0.3) is 0 Å². The number of rotatable bonds is 5. The Morgan fingerprint density at radius 1 is 1.43 bits per heavy atom. The third-order valence-electron chi connectivity index (χ3n) is 3.03. The first-order valence-corrected chi connectivity index (χ1v) is 5.42. The van der Waals surface area contributed by atoms with Crippen LogP contribution in [0.1, 0.15) is 32.6 Å². The van der Waals surface area contributed by atoms with Crippen molar-refractivity contribution in [2.24, 2.45) is 0 Å². The van der Waals surface area contributed by atoms with E-state index in [0.717, 1.165) is 19.3 Å². The summed E-state index contributed by atoms with van der Waals surface area (Å²) in [7, 11) is 0. The lowest BCUT2D eigenvalue weighted by Gasteiger charge is -2.34. The molecule has 3 nitrogen and oxygen atoms in total. The summed E-state index contributed by atoms with van der Waals surface area (Å²) in [6.07, 6.45) is 8.47. The van der Waals surface area contributed by atoms with Gasteiger partial charge in [-0.25, -0.2) is 0 Å². The van der Waals surface area contributed by atoms with Crippen molar-refractivity contribution < 1.29 is 10.2 Å². The van der Waals surface area contributed by atoms with E-state index in [4.69, 9.17) is 0 Å². The minimum absolute atomic E-state index is 0.00958. The zero-order chi connectivity index (χ0) is 10.4. The molecule has 0 bridgehead atoms. The average molecular weight is 199 g/mol. The third-order valence-corrected chi connectivity index (χ3v) is 3.03. The average Bonchev–Trinajstić information content (AvgIpc) is 2.28. The van der Waals surface area contributed by atoms with Crippen LogP contribution in [0, 0.1) is 0 Å². The molecule has 1 atom stereocenters. The van der Waals surface area contributed by atoms with Gasteiger partial charge in [-0.1, -0.05) is 19.1 Å². The first-order valence-electron chi connectivity index (χ1n) is 5.42. The summed E-state index contributed by atoms with van der Waals surface area (Å²) >= 11 is 0. The van der Waals surface area contributed by atoms with Crippen LogP contribution in [0.2, 0.25) is 0 Å². The Kier molecular flexibility index (Phi) is 4.58. The number of allylic oxidation sites excluding steroid dienone is 1. The summed E-state index contributed by atoms with van der Waals surface area (Å²) in [5.74, 6) is 0. The molecule has 1 aliphatic carbocycles. The highest BCUT2D eigenvalue weighted by molar-refractivity contribution is 5.01. The third kappa shape index (κ3) is 2.80. The van der Waals surface area contributed by atoms with E-state index in [0.29, 0.717) is 6.04 Å². The van der Waals surface area contributed by atoms with Gasteiger partial charge in [-0.15, -0.1) is 0 Å². The van der Waals surface area contributed by atoms with Gasteiger partial charge in [-0.3, -0.25) is 0 Å². The quantitative estimate of drug-likeness (QED) is 0.575. The lowest BCUT2D eigenvalue weighted by Crippen LogP contribution is -2.55. The number of aliphatic hydroxyl groups is 2. The molecule has 0 radical (unpaired) electrons. The fraction of sp³-hybridized carbons (Fsp3) is 0.818. The minimum atomic E-state index is -0.508. The predicted octanol–water partition coefficient (Wildman–Crippen LogP) is 0.818. The molecule has 1 rings (SSSR count). The van der Waals surface area contributed by atoms with Gasteiger partial charge in [0.2, 0.25) is 0 Å². The zero-order valence-electron chi connectivity index (χ0n) is 8.87. The molecule has 14 heavy (non-hydrogen) atoms. The Morgan fingerprint density at radius 2 is 2.14 bits per heavy atom. The largest absolute Gasteiger partial charge is 0.394 e. The van der Waals surface area contributed by atoms with Crippen LogP contribution in [0.5, 0.6) is 0 Å². The molecular weight excluding hydrogens is 178 g/mol. The molecule has 0 aromatic carbocycles. The maximum Gasteiger partial charge on any atom is 0.0650 e. The van der Waals surface area contributed by atoms with Crippen LogP contribution in [0.15, 0.2) is 12.2 Å². The van der Waals surface area contributed by atoms with Gasteiger partial charge in [0.05, 0.1) is 18.8 Å². The van der Waals surface area contributed by atoms with E-state index in [-0.39, 0.29) is 13.2 Å². The van der Waals surface area contributed by atoms with E-state index in [2.05, 4.69) is 17.5 Å². The SMILES string of the molecule is CCC(CO)(CO)NC1C=CCCC1. The Balaban J connectivity index is 2.53. The summed E-state index contributed by atoms with van der Waals surface area (Å²) in [5, 5.41) is 21.9. The fourth-order valence-electron chi connectivity index (χ4n) is 1.79. The van der Waals surface area contributed by atoms with Crippen molar-refractivity contribution >= 4 is 0 Å². The molecule has 0 fully saturated rings. The van der Waals surface area contributed by atoms with Crippen LogP contribution in [-0.4, -0.2) is 35.0 Å². The fourth-order valence-corrected chi connectivity index (χ4v) is 1.79. The molecule has 0 amide bonds. The molecule has 0 saturated heterocycles. The number of nitrogens with one attached hydrogen (secondary N) is 1. The molecule has 1 aliphatic rings. The van der Waals surface area contributed by atoms with E-state index in [1.165, 1.54) is 6.42 Å². The Labute approximate surface area is 85.8 Å². The van der Waals surface area contributed by atoms with Crippen molar-refractivity contribution in [2.75, 3.05) is 13.2 Å². The Hall–Kier alpha value is -0.380. The molecule has 0 saturated carbocycles. The van der Waals surface area contributed by atoms with Gasteiger partial charge < -0.3 is 15.5 Å². The molecule has 0 heterocycles. The van der Waals surface area contributed by atoms with Crippen molar-refractivity contribution in [1.29, 1.82) is 0 Å². The summed E-state index contributed by atoms with van der Waals surface area (Å²) in [6, 6.07) is 0.308. The highest BCUT2D eigenvalue weighted by Crippen LogP contribution is 2.16. The molecular formula is C11H21NO2. The molecule has 0 spiro atoms. The second-order valence-electron chi connectivity index (χ2n) is 4.06. The highest BCUT2D eigenvalue weighted by atomic mass is 16.3. The predicted molar refractivity (Wildman–Crippen MR) is 57.1 cm³/mol. The highest BCUT2D eigenvalue weighted by Gasteiger charge is 2.28. The standard InChI is InChI=1S/C11H21NO2/c1-2-11(8-13,9-14)12-10-6-4-3-5-7-10/h4,6,10,12-14H,2-3,5,7-9H2,1H3. The van der Waals surface area contributed by atoms with Crippen LogP contribution < -0.4 is 5.32 Å². The van der Waals surface area contributed by atoms with Crippen LogP contribution in [0.3, 0.4) is 0 Å². The van der Waals surface area contributed by atoms with E-state index in [9.17, 15) is 10.2 Å².